The monoisotopic (exact) mass is 94.0 g/mol. The summed E-state index contributed by atoms with van der Waals surface area (Å²) in [5, 5.41) is 12.0. The molecule has 0 amide bonds. The highest BCUT2D eigenvalue weighted by molar-refractivity contribution is 5.76. The van der Waals surface area contributed by atoms with Crippen molar-refractivity contribution in [3.8, 4) is 0 Å². The fraction of sp³-hybridized carbons (Fsp3) is 0. The van der Waals surface area contributed by atoms with Crippen LogP contribution in [0.4, 0.5) is 0 Å². The quantitative estimate of drug-likeness (QED) is 0.200. The zero-order chi connectivity index (χ0) is 2.00. The minimum atomic E-state index is 0. The largest absolute Gasteiger partial charge is 0.255 e. The van der Waals surface area contributed by atoms with Crippen LogP contribution in [0, 0.1) is 0 Å². The van der Waals surface area contributed by atoms with Crippen molar-refractivity contribution in [2.45, 2.75) is 0 Å². The third-order valence-electron chi connectivity index (χ3n) is 0. The lowest BCUT2D eigenvalue weighted by molar-refractivity contribution is -0.176. The summed E-state index contributed by atoms with van der Waals surface area (Å²) < 4.78 is 0. The lowest BCUT2D eigenvalue weighted by atomic mass is 15.0. The third kappa shape index (κ3) is 12.1. The Kier molecular flexibility index (Phi) is 184. The maximum atomic E-state index is 6.00. The van der Waals surface area contributed by atoms with E-state index in [2.05, 4.69) is 0 Å². The average molecular weight is 94.0 g/mol. The van der Waals surface area contributed by atoms with Gasteiger partial charge in [0, 0.05) is 0 Å². The van der Waals surface area contributed by atoms with Gasteiger partial charge in [-0.3, -0.25) is 10.5 Å². The molecular formula is H8Al2O2. The van der Waals surface area contributed by atoms with Gasteiger partial charge in [0.25, 0.3) is 0 Å². The highest BCUT2D eigenvalue weighted by Gasteiger charge is 0.745. The molecule has 0 saturated carbocycles. The van der Waals surface area contributed by atoms with E-state index in [1.807, 2.05) is 0 Å². The first-order valence-corrected chi connectivity index (χ1v) is 0.200. The number of hydrogen-bond acceptors (Lipinski definition) is 2. The van der Waals surface area contributed by atoms with Crippen LogP contribution in [0.15, 0.2) is 0 Å². The summed E-state index contributed by atoms with van der Waals surface area (Å²) in [6.07, 6.45) is 0. The molecule has 0 spiro atoms. The second kappa shape index (κ2) is 36.6. The predicted octanol–water partition coefficient (Wildman–Crippen LogP) is -2.35. The first kappa shape index (κ1) is 20.1. The molecule has 0 rings (SSSR count). The maximum Gasteiger partial charge on any atom is 0.187 e. The Balaban J connectivity index is -0.00000000500. The van der Waals surface area contributed by atoms with Crippen LogP contribution in [0.5, 0.6) is 0 Å². The van der Waals surface area contributed by atoms with Gasteiger partial charge in [0.1, 0.15) is 0 Å². The Morgan fingerprint density at radius 3 is 0.750 bits per heavy atom. The average Bonchev–Trinajstić information content (AvgIpc) is 1.00. The molecule has 26 valence electrons. The normalized spacial score (nSPS) is 1.50. The van der Waals surface area contributed by atoms with Gasteiger partial charge in [0.15, 0.2) is 34.7 Å². The van der Waals surface area contributed by atoms with Gasteiger partial charge in [-0.25, -0.2) is 0 Å². The molecule has 0 aliphatic rings. The maximum absolute atomic E-state index is 6.00. The lowest BCUT2D eigenvalue weighted by Gasteiger charge is -1.25. The van der Waals surface area contributed by atoms with Crippen LogP contribution in [-0.2, 0) is 0 Å². The van der Waals surface area contributed by atoms with E-state index < -0.39 is 0 Å². The molecule has 4 heteroatoms. The summed E-state index contributed by atoms with van der Waals surface area (Å²) in [6.45, 7) is 0. The van der Waals surface area contributed by atoms with E-state index in [0.29, 0.717) is 0 Å². The Morgan fingerprint density at radius 2 is 0.750 bits per heavy atom. The van der Waals surface area contributed by atoms with Gasteiger partial charge in [-0.15, -0.1) is 0 Å². The smallest absolute Gasteiger partial charge is 0.187 e. The Labute approximate surface area is 45.6 Å². The van der Waals surface area contributed by atoms with Crippen LogP contribution in [0.25, 0.3) is 0 Å². The summed E-state index contributed by atoms with van der Waals surface area (Å²) >= 11 is 0. The summed E-state index contributed by atoms with van der Waals surface area (Å²) in [5.41, 5.74) is 0. The standard InChI is InChI=1S/2Al.H2O2.6H/c;;1-2;;;;;;/h;;1-2H;;;;;;. The molecule has 4 heavy (non-hydrogen) atoms. The minimum Gasteiger partial charge on any atom is -0.255 e. The van der Waals surface area contributed by atoms with E-state index >= 15 is 0 Å². The van der Waals surface area contributed by atoms with E-state index in [0.717, 1.165) is 0 Å². The molecule has 0 fully saturated rings. The van der Waals surface area contributed by atoms with Crippen molar-refractivity contribution in [3.05, 3.63) is 0 Å². The molecule has 0 unspecified atom stereocenters. The molecule has 0 bridgehead atoms. The highest BCUT2D eigenvalue weighted by atomic mass is 27.0. The fourth-order valence-electron chi connectivity index (χ4n) is 0. The Hall–Kier alpha value is 0.985. The summed E-state index contributed by atoms with van der Waals surface area (Å²) in [7, 11) is 0. The number of rotatable bonds is 0. The molecule has 0 saturated heterocycles. The topological polar surface area (TPSA) is 40.5 Å². The molecule has 0 radical (unpaired) electrons. The molecule has 0 aromatic rings. The summed E-state index contributed by atoms with van der Waals surface area (Å²) in [4.78, 5) is 0. The molecule has 2 nitrogen and oxygen atoms in total. The van der Waals surface area contributed by atoms with Gasteiger partial charge in [-0.2, -0.15) is 0 Å². The fourth-order valence-corrected chi connectivity index (χ4v) is 0. The zero-order valence-corrected chi connectivity index (χ0v) is 0.894. The lowest BCUT2D eigenvalue weighted by Crippen LogP contribution is -1.29. The van der Waals surface area contributed by atoms with Crippen LogP contribution < -0.4 is 0 Å². The van der Waals surface area contributed by atoms with Crippen molar-refractivity contribution in [1.82, 2.24) is 0 Å². The van der Waals surface area contributed by atoms with E-state index in [-0.39, 0.29) is 34.7 Å². The van der Waals surface area contributed by atoms with Gasteiger partial charge in [0.05, 0.1) is 0 Å². The van der Waals surface area contributed by atoms with Gasteiger partial charge in [-0.1, -0.05) is 0 Å². The molecule has 0 heterocycles. The Bertz CT molecular complexity index is 4.00. The van der Waals surface area contributed by atoms with E-state index in [4.69, 9.17) is 10.5 Å². The molecule has 0 atom stereocenters. The van der Waals surface area contributed by atoms with Gasteiger partial charge in [0.2, 0.25) is 0 Å². The van der Waals surface area contributed by atoms with Gasteiger partial charge >= 0.3 is 0 Å². The third-order valence-corrected chi connectivity index (χ3v) is 0. The van der Waals surface area contributed by atoms with Crippen LogP contribution in [0.3, 0.4) is 0 Å². The van der Waals surface area contributed by atoms with Crippen molar-refractivity contribution in [1.29, 1.82) is 0 Å². The van der Waals surface area contributed by atoms with Gasteiger partial charge < -0.3 is 0 Å². The minimum absolute atomic E-state index is 0. The van der Waals surface area contributed by atoms with Crippen LogP contribution in [-0.4, -0.2) is 45.2 Å². The SMILES string of the molecule is OO.[AlH3].[AlH3]. The van der Waals surface area contributed by atoms with Gasteiger partial charge in [-0.05, 0) is 0 Å². The molecular weight excluding hydrogens is 86.0 g/mol. The molecule has 0 aliphatic carbocycles. The first-order chi connectivity index (χ1) is 1.00. The van der Waals surface area contributed by atoms with Crippen LogP contribution in [0.1, 0.15) is 0 Å². The molecule has 0 aromatic carbocycles. The zero-order valence-electron chi connectivity index (χ0n) is 0.894. The van der Waals surface area contributed by atoms with Crippen molar-refractivity contribution in [2.75, 3.05) is 0 Å². The second-order valence-corrected chi connectivity index (χ2v) is 0. The first-order valence-electron chi connectivity index (χ1n) is 0.200. The molecule has 2 N–H and O–H groups in total. The van der Waals surface area contributed by atoms with Crippen LogP contribution >= 0.6 is 0 Å². The van der Waals surface area contributed by atoms with Crippen molar-refractivity contribution < 1.29 is 10.5 Å². The molecule has 0 aromatic heterocycles. The second-order valence-electron chi connectivity index (χ2n) is 0. The van der Waals surface area contributed by atoms with Crippen molar-refractivity contribution >= 4 is 34.7 Å². The van der Waals surface area contributed by atoms with Crippen molar-refractivity contribution in [3.63, 3.8) is 0 Å². The summed E-state index contributed by atoms with van der Waals surface area (Å²) in [6, 6.07) is 0. The highest BCUT2D eigenvalue weighted by Crippen LogP contribution is 0.711. The Morgan fingerprint density at radius 1 is 0.750 bits per heavy atom. The van der Waals surface area contributed by atoms with Crippen LogP contribution in [0.2, 0.25) is 0 Å². The molecule has 0 aliphatic heterocycles. The van der Waals surface area contributed by atoms with Crippen molar-refractivity contribution in [2.24, 2.45) is 0 Å². The van der Waals surface area contributed by atoms with E-state index in [1.54, 1.807) is 0 Å². The predicted molar refractivity (Wildman–Crippen MR) is 25.1 cm³/mol. The van der Waals surface area contributed by atoms with E-state index in [1.165, 1.54) is 0 Å². The summed E-state index contributed by atoms with van der Waals surface area (Å²) in [5.74, 6) is 0. The number of hydrogen-bond donors (Lipinski definition) is 2. The van der Waals surface area contributed by atoms with E-state index in [9.17, 15) is 0 Å².